The van der Waals surface area contributed by atoms with Gasteiger partial charge in [-0.3, -0.25) is 0 Å². The maximum Gasteiger partial charge on any atom is 0.161 e. The van der Waals surface area contributed by atoms with Crippen LogP contribution in [0.1, 0.15) is 11.4 Å². The molecule has 0 radical (unpaired) electrons. The van der Waals surface area contributed by atoms with Crippen molar-refractivity contribution in [2.24, 2.45) is 7.05 Å². The molecule has 0 spiro atoms. The van der Waals surface area contributed by atoms with E-state index in [9.17, 15) is 5.11 Å². The lowest BCUT2D eigenvalue weighted by atomic mass is 10.2. The van der Waals surface area contributed by atoms with Crippen molar-refractivity contribution in [3.05, 3.63) is 29.6 Å². The average Bonchev–Trinajstić information content (AvgIpc) is 2.72. The first kappa shape index (κ1) is 13.4. The Morgan fingerprint density at radius 1 is 1.21 bits per heavy atom. The summed E-state index contributed by atoms with van der Waals surface area (Å²) in [6.45, 7) is 1.86. The van der Waals surface area contributed by atoms with E-state index >= 15 is 0 Å². The summed E-state index contributed by atoms with van der Waals surface area (Å²) in [6.07, 6.45) is 0. The molecule has 102 valence electrons. The van der Waals surface area contributed by atoms with Gasteiger partial charge in [0.05, 0.1) is 32.2 Å². The summed E-state index contributed by atoms with van der Waals surface area (Å²) >= 11 is 0. The number of methoxy groups -OCH3 is 2. The molecule has 1 N–H and O–H groups in total. The van der Waals surface area contributed by atoms with Crippen LogP contribution in [-0.2, 0) is 13.7 Å². The van der Waals surface area contributed by atoms with Gasteiger partial charge in [-0.2, -0.15) is 0 Å². The number of nitrogens with zero attached hydrogens (tertiary/aromatic N) is 2. The van der Waals surface area contributed by atoms with Crippen molar-refractivity contribution in [3.8, 4) is 22.9 Å². The number of aliphatic hydroxyl groups excluding tert-OH is 1. The van der Waals surface area contributed by atoms with E-state index in [2.05, 4.69) is 4.98 Å². The Balaban J connectivity index is 2.53. The highest BCUT2D eigenvalue weighted by atomic mass is 16.5. The van der Waals surface area contributed by atoms with Crippen LogP contribution in [-0.4, -0.2) is 28.9 Å². The first-order valence-corrected chi connectivity index (χ1v) is 5.97. The van der Waals surface area contributed by atoms with E-state index in [1.165, 1.54) is 0 Å². The van der Waals surface area contributed by atoms with Gasteiger partial charge < -0.3 is 19.1 Å². The molecule has 0 bridgehead atoms. The first-order valence-electron chi connectivity index (χ1n) is 5.97. The molecule has 2 rings (SSSR count). The fourth-order valence-electron chi connectivity index (χ4n) is 2.12. The van der Waals surface area contributed by atoms with Gasteiger partial charge in [0, 0.05) is 12.6 Å². The third-order valence-corrected chi connectivity index (χ3v) is 3.21. The maximum absolute atomic E-state index is 9.34. The number of aliphatic hydroxyl groups is 1. The number of hydrogen-bond acceptors (Lipinski definition) is 4. The second kappa shape index (κ2) is 5.32. The number of benzene rings is 1. The Kier molecular flexibility index (Phi) is 3.76. The lowest BCUT2D eigenvalue weighted by Crippen LogP contribution is -1.99. The summed E-state index contributed by atoms with van der Waals surface area (Å²) in [4.78, 5) is 4.49. The van der Waals surface area contributed by atoms with Gasteiger partial charge in [0.1, 0.15) is 5.82 Å². The summed E-state index contributed by atoms with van der Waals surface area (Å²) in [5.74, 6) is 2.13. The molecule has 5 nitrogen and oxygen atoms in total. The number of ether oxygens (including phenoxy) is 2. The molecule has 0 aliphatic rings. The molecule has 1 heterocycles. The Labute approximate surface area is 112 Å². The Morgan fingerprint density at radius 2 is 1.89 bits per heavy atom. The zero-order valence-corrected chi connectivity index (χ0v) is 11.6. The SMILES string of the molecule is COc1ccc(-c2nc(C)c(CO)n2C)cc1OC. The quantitative estimate of drug-likeness (QED) is 0.914. The molecule has 2 aromatic rings. The molecule has 0 saturated carbocycles. The molecule has 0 amide bonds. The molecule has 5 heteroatoms. The summed E-state index contributed by atoms with van der Waals surface area (Å²) in [5.41, 5.74) is 2.56. The molecule has 19 heavy (non-hydrogen) atoms. The van der Waals surface area contributed by atoms with Gasteiger partial charge in [-0.05, 0) is 25.1 Å². The van der Waals surface area contributed by atoms with Crippen molar-refractivity contribution in [3.63, 3.8) is 0 Å². The number of aromatic nitrogens is 2. The average molecular weight is 262 g/mol. The normalized spacial score (nSPS) is 10.6. The zero-order chi connectivity index (χ0) is 14.0. The molecule has 0 aliphatic heterocycles. The second-order valence-corrected chi connectivity index (χ2v) is 4.25. The minimum atomic E-state index is -0.0252. The van der Waals surface area contributed by atoms with E-state index in [-0.39, 0.29) is 6.61 Å². The van der Waals surface area contributed by atoms with Crippen LogP contribution in [0.4, 0.5) is 0 Å². The number of imidazole rings is 1. The predicted molar refractivity (Wildman–Crippen MR) is 72.4 cm³/mol. The summed E-state index contributed by atoms with van der Waals surface area (Å²) < 4.78 is 12.4. The maximum atomic E-state index is 9.34. The monoisotopic (exact) mass is 262 g/mol. The van der Waals surface area contributed by atoms with E-state index < -0.39 is 0 Å². The largest absolute Gasteiger partial charge is 0.493 e. The van der Waals surface area contributed by atoms with Crippen LogP contribution >= 0.6 is 0 Å². The fourth-order valence-corrected chi connectivity index (χ4v) is 2.12. The van der Waals surface area contributed by atoms with Gasteiger partial charge in [-0.15, -0.1) is 0 Å². The van der Waals surface area contributed by atoms with Crippen molar-refractivity contribution in [2.45, 2.75) is 13.5 Å². The molecule has 1 aromatic heterocycles. The van der Waals surface area contributed by atoms with Crippen molar-refractivity contribution in [1.29, 1.82) is 0 Å². The van der Waals surface area contributed by atoms with Crippen LogP contribution in [0.5, 0.6) is 11.5 Å². The topological polar surface area (TPSA) is 56.5 Å². The Bertz CT molecular complexity index is 591. The third kappa shape index (κ3) is 2.29. The second-order valence-electron chi connectivity index (χ2n) is 4.25. The van der Waals surface area contributed by atoms with Crippen LogP contribution in [0.15, 0.2) is 18.2 Å². The summed E-state index contributed by atoms with van der Waals surface area (Å²) in [7, 11) is 5.09. The van der Waals surface area contributed by atoms with Crippen LogP contribution in [0.3, 0.4) is 0 Å². The number of aryl methyl sites for hydroxylation is 1. The lowest BCUT2D eigenvalue weighted by Gasteiger charge is -2.10. The van der Waals surface area contributed by atoms with Crippen molar-refractivity contribution >= 4 is 0 Å². The predicted octanol–water partition coefficient (Wildman–Crippen LogP) is 1.91. The van der Waals surface area contributed by atoms with E-state index in [0.29, 0.717) is 11.5 Å². The molecule has 0 atom stereocenters. The molecule has 1 aromatic carbocycles. The van der Waals surface area contributed by atoms with Crippen LogP contribution in [0.25, 0.3) is 11.4 Å². The standard InChI is InChI=1S/C14H18N2O3/c1-9-11(8-17)16(2)14(15-9)10-5-6-12(18-3)13(7-10)19-4/h5-7,17H,8H2,1-4H3. The van der Waals surface area contributed by atoms with Gasteiger partial charge in [0.15, 0.2) is 11.5 Å². The minimum absolute atomic E-state index is 0.0252. The molecular formula is C14H18N2O3. The van der Waals surface area contributed by atoms with Crippen molar-refractivity contribution in [1.82, 2.24) is 9.55 Å². The van der Waals surface area contributed by atoms with E-state index in [0.717, 1.165) is 22.8 Å². The van der Waals surface area contributed by atoms with Gasteiger partial charge in [0.2, 0.25) is 0 Å². The van der Waals surface area contributed by atoms with Crippen LogP contribution in [0.2, 0.25) is 0 Å². The third-order valence-electron chi connectivity index (χ3n) is 3.21. The van der Waals surface area contributed by atoms with Gasteiger partial charge in [-0.1, -0.05) is 0 Å². The van der Waals surface area contributed by atoms with Crippen LogP contribution < -0.4 is 9.47 Å². The van der Waals surface area contributed by atoms with Gasteiger partial charge >= 0.3 is 0 Å². The first-order chi connectivity index (χ1) is 9.12. The van der Waals surface area contributed by atoms with E-state index in [1.54, 1.807) is 14.2 Å². The highest BCUT2D eigenvalue weighted by Gasteiger charge is 2.14. The fraction of sp³-hybridized carbons (Fsp3) is 0.357. The Morgan fingerprint density at radius 3 is 2.42 bits per heavy atom. The number of rotatable bonds is 4. The molecule has 0 aliphatic carbocycles. The molecular weight excluding hydrogens is 244 g/mol. The molecule has 0 saturated heterocycles. The van der Waals surface area contributed by atoms with Crippen LogP contribution in [0, 0.1) is 6.92 Å². The Hall–Kier alpha value is -2.01. The number of hydrogen-bond donors (Lipinski definition) is 1. The summed E-state index contributed by atoms with van der Waals surface area (Å²) in [5, 5.41) is 9.34. The van der Waals surface area contributed by atoms with E-state index in [1.807, 2.05) is 36.7 Å². The highest BCUT2D eigenvalue weighted by Crippen LogP contribution is 2.32. The van der Waals surface area contributed by atoms with Gasteiger partial charge in [-0.25, -0.2) is 4.98 Å². The minimum Gasteiger partial charge on any atom is -0.493 e. The molecule has 0 unspecified atom stereocenters. The smallest absolute Gasteiger partial charge is 0.161 e. The lowest BCUT2D eigenvalue weighted by molar-refractivity contribution is 0.272. The van der Waals surface area contributed by atoms with Crippen molar-refractivity contribution < 1.29 is 14.6 Å². The molecule has 0 fully saturated rings. The van der Waals surface area contributed by atoms with E-state index in [4.69, 9.17) is 9.47 Å². The highest BCUT2D eigenvalue weighted by molar-refractivity contribution is 5.62. The summed E-state index contributed by atoms with van der Waals surface area (Å²) in [6, 6.07) is 5.64. The zero-order valence-electron chi connectivity index (χ0n) is 11.6. The van der Waals surface area contributed by atoms with Gasteiger partial charge in [0.25, 0.3) is 0 Å². The van der Waals surface area contributed by atoms with Crippen molar-refractivity contribution in [2.75, 3.05) is 14.2 Å².